The predicted octanol–water partition coefficient (Wildman–Crippen LogP) is 0.163. The van der Waals surface area contributed by atoms with Gasteiger partial charge in [0.05, 0.1) is 13.2 Å². The fraction of sp³-hybridized carbons (Fsp3) is 0.545. The van der Waals surface area contributed by atoms with Crippen LogP contribution in [0.15, 0.2) is 12.1 Å². The van der Waals surface area contributed by atoms with Crippen molar-refractivity contribution in [1.29, 1.82) is 0 Å². The van der Waals surface area contributed by atoms with Gasteiger partial charge in [0.2, 0.25) is 0 Å². The summed E-state index contributed by atoms with van der Waals surface area (Å²) in [5, 5.41) is 3.12. The van der Waals surface area contributed by atoms with Gasteiger partial charge < -0.3 is 10.1 Å². The van der Waals surface area contributed by atoms with Crippen LogP contribution in [0.25, 0.3) is 0 Å². The van der Waals surface area contributed by atoms with Gasteiger partial charge in [-0.05, 0) is 26.0 Å². The first-order chi connectivity index (χ1) is 7.68. The van der Waals surface area contributed by atoms with Crippen molar-refractivity contribution in [1.82, 2.24) is 9.99 Å². The highest BCUT2D eigenvalue weighted by Crippen LogP contribution is 2.04. The molecule has 0 radical (unpaired) electrons. The Bertz CT molecular complexity index is 361. The maximum Gasteiger partial charge on any atom is 0.258 e. The molecule has 5 nitrogen and oxygen atoms in total. The zero-order valence-corrected chi connectivity index (χ0v) is 9.62. The lowest BCUT2D eigenvalue weighted by molar-refractivity contribution is -0.121. The Balaban J connectivity index is 2.01. The van der Waals surface area contributed by atoms with Gasteiger partial charge in [-0.1, -0.05) is 0 Å². The van der Waals surface area contributed by atoms with Gasteiger partial charge in [-0.3, -0.25) is 14.9 Å². The number of carbonyl (C=O) groups is 1. The van der Waals surface area contributed by atoms with Crippen LogP contribution in [0.1, 0.15) is 11.4 Å². The molecule has 1 fully saturated rings. The van der Waals surface area contributed by atoms with E-state index in [0.29, 0.717) is 13.2 Å². The number of morpholine rings is 1. The smallest absolute Gasteiger partial charge is 0.258 e. The largest absolute Gasteiger partial charge is 0.378 e. The number of carbonyl (C=O) groups excluding carboxylic acids is 1. The summed E-state index contributed by atoms with van der Waals surface area (Å²) in [7, 11) is 0. The van der Waals surface area contributed by atoms with Crippen molar-refractivity contribution < 1.29 is 9.53 Å². The minimum atomic E-state index is -0.255. The molecule has 0 aliphatic carbocycles. The summed E-state index contributed by atoms with van der Waals surface area (Å²) in [6.45, 7) is 5.74. The molecule has 0 spiro atoms. The highest BCUT2D eigenvalue weighted by atomic mass is 16.5. The van der Waals surface area contributed by atoms with E-state index >= 15 is 0 Å². The van der Waals surface area contributed by atoms with Crippen molar-refractivity contribution in [3.63, 3.8) is 0 Å². The SMILES string of the molecule is Cc1ccc(C)n1NC(=O)C1COCCN1. The molecule has 2 rings (SSSR count). The third-order valence-electron chi connectivity index (χ3n) is 2.73. The molecule has 88 valence electrons. The molecular formula is C11H17N3O2. The number of aryl methyl sites for hydroxylation is 2. The van der Waals surface area contributed by atoms with Gasteiger partial charge in [-0.2, -0.15) is 0 Å². The fourth-order valence-corrected chi connectivity index (χ4v) is 1.77. The molecule has 2 heterocycles. The summed E-state index contributed by atoms with van der Waals surface area (Å²) >= 11 is 0. The number of rotatable bonds is 2. The van der Waals surface area contributed by atoms with E-state index in [1.807, 2.05) is 26.0 Å². The van der Waals surface area contributed by atoms with Crippen molar-refractivity contribution >= 4 is 5.91 Å². The molecule has 1 aromatic heterocycles. The molecule has 1 atom stereocenters. The van der Waals surface area contributed by atoms with E-state index in [1.54, 1.807) is 4.68 Å². The summed E-state index contributed by atoms with van der Waals surface area (Å²) < 4.78 is 7.04. The Labute approximate surface area is 94.7 Å². The van der Waals surface area contributed by atoms with Crippen LogP contribution in [0, 0.1) is 13.8 Å². The number of nitrogens with zero attached hydrogens (tertiary/aromatic N) is 1. The first-order valence-corrected chi connectivity index (χ1v) is 5.45. The van der Waals surface area contributed by atoms with E-state index in [1.165, 1.54) is 0 Å². The van der Waals surface area contributed by atoms with E-state index in [-0.39, 0.29) is 11.9 Å². The maximum atomic E-state index is 11.9. The van der Waals surface area contributed by atoms with Crippen LogP contribution in [0.4, 0.5) is 0 Å². The number of ether oxygens (including phenoxy) is 1. The number of nitrogens with one attached hydrogen (secondary N) is 2. The zero-order valence-electron chi connectivity index (χ0n) is 9.62. The highest BCUT2D eigenvalue weighted by molar-refractivity contribution is 5.89. The third kappa shape index (κ3) is 2.25. The molecule has 1 aromatic rings. The van der Waals surface area contributed by atoms with Crippen LogP contribution >= 0.6 is 0 Å². The molecule has 1 unspecified atom stereocenters. The minimum absolute atomic E-state index is 0.0536. The normalized spacial score (nSPS) is 20.8. The van der Waals surface area contributed by atoms with E-state index < -0.39 is 0 Å². The number of hydrogen-bond donors (Lipinski definition) is 2. The second-order valence-corrected chi connectivity index (χ2v) is 4.01. The average molecular weight is 223 g/mol. The van der Waals surface area contributed by atoms with E-state index in [2.05, 4.69) is 10.7 Å². The molecule has 1 saturated heterocycles. The lowest BCUT2D eigenvalue weighted by atomic mass is 10.2. The molecule has 1 amide bonds. The van der Waals surface area contributed by atoms with E-state index in [0.717, 1.165) is 17.9 Å². The van der Waals surface area contributed by atoms with Gasteiger partial charge in [0.15, 0.2) is 0 Å². The molecule has 1 aliphatic rings. The maximum absolute atomic E-state index is 11.9. The molecule has 0 aromatic carbocycles. The molecule has 16 heavy (non-hydrogen) atoms. The Kier molecular flexibility index (Phi) is 3.26. The molecule has 2 N–H and O–H groups in total. The van der Waals surface area contributed by atoms with Crippen molar-refractivity contribution in [2.45, 2.75) is 19.9 Å². The molecule has 1 aliphatic heterocycles. The molecule has 5 heteroatoms. The van der Waals surface area contributed by atoms with Crippen LogP contribution in [0.5, 0.6) is 0 Å². The van der Waals surface area contributed by atoms with Crippen LogP contribution in [0.2, 0.25) is 0 Å². The van der Waals surface area contributed by atoms with Crippen molar-refractivity contribution in [3.05, 3.63) is 23.5 Å². The summed E-state index contributed by atoms with van der Waals surface area (Å²) in [5.41, 5.74) is 4.90. The number of aromatic nitrogens is 1. The van der Waals surface area contributed by atoms with Gasteiger partial charge in [0.25, 0.3) is 5.91 Å². The van der Waals surface area contributed by atoms with Gasteiger partial charge in [0.1, 0.15) is 6.04 Å². The summed E-state index contributed by atoms with van der Waals surface area (Å²) in [6.07, 6.45) is 0. The highest BCUT2D eigenvalue weighted by Gasteiger charge is 2.21. The number of amides is 1. The Hall–Kier alpha value is -1.33. The zero-order chi connectivity index (χ0) is 11.5. The first-order valence-electron chi connectivity index (χ1n) is 5.45. The summed E-state index contributed by atoms with van der Waals surface area (Å²) in [4.78, 5) is 11.9. The summed E-state index contributed by atoms with van der Waals surface area (Å²) in [6, 6.07) is 3.69. The second-order valence-electron chi connectivity index (χ2n) is 4.01. The molecule has 0 bridgehead atoms. The standard InChI is InChI=1S/C11H17N3O2/c1-8-3-4-9(2)14(8)13-11(15)10-7-16-6-5-12-10/h3-4,10,12H,5-7H2,1-2H3,(H,13,15). The second kappa shape index (κ2) is 4.67. The van der Waals surface area contributed by atoms with Crippen LogP contribution in [-0.4, -0.2) is 36.4 Å². The topological polar surface area (TPSA) is 55.3 Å². The fourth-order valence-electron chi connectivity index (χ4n) is 1.77. The van der Waals surface area contributed by atoms with Crippen molar-refractivity contribution in [2.24, 2.45) is 0 Å². The monoisotopic (exact) mass is 223 g/mol. The van der Waals surface area contributed by atoms with Crippen LogP contribution in [-0.2, 0) is 9.53 Å². The van der Waals surface area contributed by atoms with Crippen molar-refractivity contribution in [3.8, 4) is 0 Å². The van der Waals surface area contributed by atoms with Crippen LogP contribution in [0.3, 0.4) is 0 Å². The van der Waals surface area contributed by atoms with Crippen molar-refractivity contribution in [2.75, 3.05) is 25.2 Å². The third-order valence-corrected chi connectivity index (χ3v) is 2.73. The van der Waals surface area contributed by atoms with E-state index in [9.17, 15) is 4.79 Å². The predicted molar refractivity (Wildman–Crippen MR) is 60.9 cm³/mol. The lowest BCUT2D eigenvalue weighted by Gasteiger charge is -2.23. The molecule has 0 saturated carbocycles. The Morgan fingerprint density at radius 3 is 2.75 bits per heavy atom. The van der Waals surface area contributed by atoms with Gasteiger partial charge >= 0.3 is 0 Å². The molecular weight excluding hydrogens is 206 g/mol. The lowest BCUT2D eigenvalue weighted by Crippen LogP contribution is -2.50. The quantitative estimate of drug-likeness (QED) is 0.751. The van der Waals surface area contributed by atoms with Gasteiger partial charge in [-0.15, -0.1) is 0 Å². The minimum Gasteiger partial charge on any atom is -0.378 e. The first kappa shape index (κ1) is 11.2. The van der Waals surface area contributed by atoms with Gasteiger partial charge in [-0.25, -0.2) is 0 Å². The Morgan fingerprint density at radius 1 is 1.50 bits per heavy atom. The summed E-state index contributed by atoms with van der Waals surface area (Å²) in [5.74, 6) is -0.0536. The number of hydrogen-bond acceptors (Lipinski definition) is 3. The average Bonchev–Trinajstić information content (AvgIpc) is 2.62. The van der Waals surface area contributed by atoms with Gasteiger partial charge in [0, 0.05) is 17.9 Å². The Morgan fingerprint density at radius 2 is 2.19 bits per heavy atom. The van der Waals surface area contributed by atoms with Crippen LogP contribution < -0.4 is 10.7 Å². The van der Waals surface area contributed by atoms with E-state index in [4.69, 9.17) is 4.74 Å².